The second kappa shape index (κ2) is 6.78. The van der Waals surface area contributed by atoms with E-state index in [0.29, 0.717) is 11.6 Å². The van der Waals surface area contributed by atoms with Crippen molar-refractivity contribution in [2.24, 2.45) is 5.92 Å². The average molecular weight is 340 g/mol. The third kappa shape index (κ3) is 3.48. The third-order valence-corrected chi connectivity index (χ3v) is 5.14. The van der Waals surface area contributed by atoms with E-state index >= 15 is 0 Å². The minimum absolute atomic E-state index is 0.0455. The molecule has 0 radical (unpaired) electrons. The molecule has 2 aromatic rings. The van der Waals surface area contributed by atoms with E-state index in [2.05, 4.69) is 15.5 Å². The smallest absolute Gasteiger partial charge is 0.226 e. The Hall–Kier alpha value is -2.50. The number of benzene rings is 1. The Morgan fingerprint density at radius 3 is 2.68 bits per heavy atom. The highest BCUT2D eigenvalue weighted by Gasteiger charge is 2.47. The maximum absolute atomic E-state index is 13.9. The van der Waals surface area contributed by atoms with Crippen molar-refractivity contribution in [1.82, 2.24) is 15.1 Å². The van der Waals surface area contributed by atoms with Gasteiger partial charge in [-0.15, -0.1) is 5.10 Å². The number of anilines is 1. The van der Waals surface area contributed by atoms with E-state index in [1.54, 1.807) is 18.3 Å². The van der Waals surface area contributed by atoms with Crippen LogP contribution in [0.4, 0.5) is 10.2 Å². The lowest BCUT2D eigenvalue weighted by molar-refractivity contribution is -0.133. The van der Waals surface area contributed by atoms with Crippen LogP contribution in [0.25, 0.3) is 0 Å². The predicted octanol–water partition coefficient (Wildman–Crippen LogP) is 2.82. The molecule has 130 valence electrons. The van der Waals surface area contributed by atoms with Crippen LogP contribution in [-0.4, -0.2) is 40.1 Å². The second-order valence-corrected chi connectivity index (χ2v) is 6.82. The number of likely N-dealkylation sites (tertiary alicyclic amines) is 1. The van der Waals surface area contributed by atoms with E-state index in [1.807, 2.05) is 23.1 Å². The second-order valence-electron chi connectivity index (χ2n) is 6.82. The molecular weight excluding hydrogens is 319 g/mol. The molecule has 4 rings (SSSR count). The van der Waals surface area contributed by atoms with Crippen LogP contribution in [0, 0.1) is 11.7 Å². The van der Waals surface area contributed by atoms with Gasteiger partial charge in [0, 0.05) is 31.2 Å². The summed E-state index contributed by atoms with van der Waals surface area (Å²) in [5, 5.41) is 11.3. The van der Waals surface area contributed by atoms with Crippen LogP contribution >= 0.6 is 0 Å². The van der Waals surface area contributed by atoms with Gasteiger partial charge in [-0.25, -0.2) is 4.39 Å². The molecule has 2 atom stereocenters. The lowest BCUT2D eigenvalue weighted by atomic mass is 10.0. The number of carbonyl (C=O) groups is 1. The molecule has 1 saturated heterocycles. The predicted molar refractivity (Wildman–Crippen MR) is 92.5 cm³/mol. The van der Waals surface area contributed by atoms with E-state index in [4.69, 9.17) is 0 Å². The molecule has 6 heteroatoms. The van der Waals surface area contributed by atoms with Crippen molar-refractivity contribution in [2.75, 3.05) is 18.4 Å². The average Bonchev–Trinajstić information content (AvgIpc) is 3.44. The molecule has 0 unspecified atom stereocenters. The highest BCUT2D eigenvalue weighted by atomic mass is 19.1. The quantitative estimate of drug-likeness (QED) is 0.930. The van der Waals surface area contributed by atoms with E-state index < -0.39 is 0 Å². The molecule has 1 aromatic heterocycles. The van der Waals surface area contributed by atoms with Gasteiger partial charge in [0.1, 0.15) is 11.6 Å². The Morgan fingerprint density at radius 1 is 1.16 bits per heavy atom. The fourth-order valence-corrected chi connectivity index (χ4v) is 3.65. The number of halogens is 1. The number of amides is 1. The Labute approximate surface area is 146 Å². The van der Waals surface area contributed by atoms with E-state index in [1.165, 1.54) is 6.07 Å². The molecule has 1 saturated carbocycles. The molecule has 2 aliphatic rings. The van der Waals surface area contributed by atoms with Gasteiger partial charge in [0.05, 0.1) is 0 Å². The molecule has 0 bridgehead atoms. The van der Waals surface area contributed by atoms with Crippen molar-refractivity contribution < 1.29 is 9.18 Å². The first kappa shape index (κ1) is 16.0. The van der Waals surface area contributed by atoms with E-state index in [9.17, 15) is 9.18 Å². The molecule has 1 aliphatic carbocycles. The number of hydrogen-bond acceptors (Lipinski definition) is 4. The Bertz CT molecular complexity index is 746. The van der Waals surface area contributed by atoms with Gasteiger partial charge < -0.3 is 10.2 Å². The minimum Gasteiger partial charge on any atom is -0.366 e. The summed E-state index contributed by atoms with van der Waals surface area (Å²) in [6, 6.07) is 10.8. The van der Waals surface area contributed by atoms with Gasteiger partial charge in [-0.05, 0) is 48.9 Å². The molecule has 1 aliphatic heterocycles. The van der Waals surface area contributed by atoms with Gasteiger partial charge >= 0.3 is 0 Å². The van der Waals surface area contributed by atoms with Crippen LogP contribution in [0.3, 0.4) is 0 Å². The summed E-state index contributed by atoms with van der Waals surface area (Å²) in [5.41, 5.74) is 0.681. The zero-order valence-corrected chi connectivity index (χ0v) is 13.9. The van der Waals surface area contributed by atoms with Crippen LogP contribution in [-0.2, 0) is 4.79 Å². The normalized spacial score (nSPS) is 23.3. The maximum atomic E-state index is 13.9. The SMILES string of the molecule is O=C([C@H]1C[C@H]1c1ccccc1F)N1CCC(Nc2cccnn2)CC1. The molecule has 1 aromatic carbocycles. The van der Waals surface area contributed by atoms with Crippen molar-refractivity contribution in [3.8, 4) is 0 Å². The van der Waals surface area contributed by atoms with Crippen molar-refractivity contribution in [2.45, 2.75) is 31.2 Å². The number of rotatable bonds is 4. The van der Waals surface area contributed by atoms with Gasteiger partial charge in [0.2, 0.25) is 5.91 Å². The Balaban J connectivity index is 1.30. The number of nitrogens with one attached hydrogen (secondary N) is 1. The fourth-order valence-electron chi connectivity index (χ4n) is 3.65. The zero-order valence-electron chi connectivity index (χ0n) is 13.9. The van der Waals surface area contributed by atoms with Gasteiger partial charge in [0.15, 0.2) is 0 Å². The topological polar surface area (TPSA) is 58.1 Å². The molecule has 0 spiro atoms. The summed E-state index contributed by atoms with van der Waals surface area (Å²) >= 11 is 0. The fraction of sp³-hybridized carbons (Fsp3) is 0.421. The van der Waals surface area contributed by atoms with Gasteiger partial charge in [-0.2, -0.15) is 5.10 Å². The molecular formula is C19H21FN4O. The first-order valence-electron chi connectivity index (χ1n) is 8.80. The standard InChI is InChI=1S/C19H21FN4O/c20-17-5-2-1-4-14(17)15-12-16(15)19(25)24-10-7-13(8-11-24)22-18-6-3-9-21-23-18/h1-6,9,13,15-16H,7-8,10-12H2,(H,22,23)/t15-,16-/m0/s1. The molecule has 1 N–H and O–H groups in total. The van der Waals surface area contributed by atoms with Crippen LogP contribution in [0.15, 0.2) is 42.6 Å². The highest BCUT2D eigenvalue weighted by molar-refractivity contribution is 5.83. The van der Waals surface area contributed by atoms with Crippen molar-refractivity contribution in [3.63, 3.8) is 0 Å². The summed E-state index contributed by atoms with van der Waals surface area (Å²) in [7, 11) is 0. The first-order chi connectivity index (χ1) is 12.2. The first-order valence-corrected chi connectivity index (χ1v) is 8.80. The molecule has 1 amide bonds. The summed E-state index contributed by atoms with van der Waals surface area (Å²) in [4.78, 5) is 14.6. The third-order valence-electron chi connectivity index (χ3n) is 5.14. The minimum atomic E-state index is -0.199. The largest absolute Gasteiger partial charge is 0.366 e. The van der Waals surface area contributed by atoms with E-state index in [0.717, 1.165) is 38.2 Å². The van der Waals surface area contributed by atoms with Crippen LogP contribution in [0.5, 0.6) is 0 Å². The number of hydrogen-bond donors (Lipinski definition) is 1. The van der Waals surface area contributed by atoms with Crippen molar-refractivity contribution >= 4 is 11.7 Å². The highest BCUT2D eigenvalue weighted by Crippen LogP contribution is 2.49. The number of nitrogens with zero attached hydrogens (tertiary/aromatic N) is 3. The summed E-state index contributed by atoms with van der Waals surface area (Å²) < 4.78 is 13.9. The zero-order chi connectivity index (χ0) is 17.2. The van der Waals surface area contributed by atoms with Crippen LogP contribution in [0.1, 0.15) is 30.7 Å². The molecule has 2 heterocycles. The van der Waals surface area contributed by atoms with Crippen molar-refractivity contribution in [1.29, 1.82) is 0 Å². The van der Waals surface area contributed by atoms with Gasteiger partial charge in [-0.3, -0.25) is 4.79 Å². The lowest BCUT2D eigenvalue weighted by Crippen LogP contribution is -2.43. The Kier molecular flexibility index (Phi) is 4.34. The summed E-state index contributed by atoms with van der Waals surface area (Å²) in [6.07, 6.45) is 4.18. The molecule has 25 heavy (non-hydrogen) atoms. The van der Waals surface area contributed by atoms with Crippen LogP contribution < -0.4 is 5.32 Å². The lowest BCUT2D eigenvalue weighted by Gasteiger charge is -2.32. The van der Waals surface area contributed by atoms with Crippen molar-refractivity contribution in [3.05, 3.63) is 54.0 Å². The van der Waals surface area contributed by atoms with E-state index in [-0.39, 0.29) is 23.6 Å². The molecule has 2 fully saturated rings. The monoisotopic (exact) mass is 340 g/mol. The van der Waals surface area contributed by atoms with Gasteiger partial charge in [-0.1, -0.05) is 18.2 Å². The Morgan fingerprint density at radius 2 is 1.96 bits per heavy atom. The molecule has 5 nitrogen and oxygen atoms in total. The summed E-state index contributed by atoms with van der Waals surface area (Å²) in [6.45, 7) is 1.47. The summed E-state index contributed by atoms with van der Waals surface area (Å²) in [5.74, 6) is 0.737. The number of carbonyl (C=O) groups excluding carboxylic acids is 1. The number of aromatic nitrogens is 2. The van der Waals surface area contributed by atoms with Crippen LogP contribution in [0.2, 0.25) is 0 Å². The van der Waals surface area contributed by atoms with Gasteiger partial charge in [0.25, 0.3) is 0 Å². The number of piperidine rings is 1. The maximum Gasteiger partial charge on any atom is 0.226 e.